The molecule has 1 aliphatic heterocycles. The quantitative estimate of drug-likeness (QED) is 0.0637. The summed E-state index contributed by atoms with van der Waals surface area (Å²) in [6.07, 6.45) is 5.01. The van der Waals surface area contributed by atoms with E-state index in [-0.39, 0.29) is 18.2 Å². The molecule has 0 aliphatic carbocycles. The maximum absolute atomic E-state index is 14.1. The monoisotopic (exact) mass is 795 g/mol. The molecule has 6 rings (SSSR count). The molecule has 5 aromatic rings. The van der Waals surface area contributed by atoms with Gasteiger partial charge < -0.3 is 19.3 Å². The molecule has 4 aromatic carbocycles. The van der Waals surface area contributed by atoms with Gasteiger partial charge in [-0.3, -0.25) is 0 Å². The van der Waals surface area contributed by atoms with Crippen molar-refractivity contribution in [2.75, 3.05) is 42.7 Å². The van der Waals surface area contributed by atoms with Crippen LogP contribution in [0.4, 0.5) is 24.5 Å². The summed E-state index contributed by atoms with van der Waals surface area (Å²) in [5, 5.41) is 0.593. The molecule has 0 fully saturated rings. The number of imidazole rings is 1. The highest BCUT2D eigenvalue weighted by Gasteiger charge is 2.38. The van der Waals surface area contributed by atoms with Gasteiger partial charge in [-0.15, -0.1) is 0 Å². The molecule has 282 valence electrons. The van der Waals surface area contributed by atoms with Crippen molar-refractivity contribution >= 4 is 63.3 Å². The number of benzene rings is 4. The molecular weight excluding hydrogens is 756 g/mol. The third kappa shape index (κ3) is 8.76. The van der Waals surface area contributed by atoms with Gasteiger partial charge in [0.05, 0.1) is 51.7 Å². The highest BCUT2D eigenvalue weighted by Crippen LogP contribution is 2.47. The van der Waals surface area contributed by atoms with E-state index in [4.69, 9.17) is 44.3 Å². The minimum Gasteiger partial charge on any atom is -0.492 e. The van der Waals surface area contributed by atoms with Crippen molar-refractivity contribution in [3.05, 3.63) is 147 Å². The van der Waals surface area contributed by atoms with E-state index in [1.54, 1.807) is 0 Å². The Morgan fingerprint density at radius 3 is 2.15 bits per heavy atom. The smallest absolute Gasteiger partial charge is 0.417 e. The lowest BCUT2D eigenvalue weighted by Gasteiger charge is -2.25. The fourth-order valence-corrected chi connectivity index (χ4v) is 7.16. The second kappa shape index (κ2) is 17.4. The SMILES string of the molecule is CCOCCN1\C(=C/C=C/C=C/c2n(CC)c3cc(Cl)c(Cl)cc3[n+]2Cc2ccccc2)N(CCOc2ccc(C)cc2)c2cc(C(F)(F)F)c(Cl)cc21. The molecule has 1 aliphatic rings. The summed E-state index contributed by atoms with van der Waals surface area (Å²) in [5.74, 6) is 2.29. The van der Waals surface area contributed by atoms with Crippen LogP contribution in [-0.4, -0.2) is 37.5 Å². The summed E-state index contributed by atoms with van der Waals surface area (Å²) in [4.78, 5) is 3.78. The Labute approximate surface area is 328 Å². The number of hydrogen-bond acceptors (Lipinski definition) is 4. The number of halogens is 6. The first-order valence-electron chi connectivity index (χ1n) is 17.7. The zero-order chi connectivity index (χ0) is 38.4. The van der Waals surface area contributed by atoms with E-state index in [1.165, 1.54) is 6.07 Å². The Balaban J connectivity index is 1.37. The number of aromatic nitrogens is 2. The molecule has 6 nitrogen and oxygen atoms in total. The minimum atomic E-state index is -4.63. The van der Waals surface area contributed by atoms with Gasteiger partial charge in [0.2, 0.25) is 0 Å². The standard InChI is InChI=1S/C42H41Cl3F3N4O2/c1-4-49-37-26-34(44)35(45)27-39(37)52(28-30-12-8-6-9-13-30)40(49)14-10-7-11-15-41-50(20-22-53-5-2)38-25-33(43)32(42(46,47)48)24-36(38)51(41)21-23-54-31-18-16-29(3)17-19-31/h6-19,24-27H,4-5,20-23,28H2,1-3H3/q+1. The van der Waals surface area contributed by atoms with Crippen molar-refractivity contribution < 1.29 is 27.2 Å². The Bertz CT molecular complexity index is 2180. The van der Waals surface area contributed by atoms with Crippen molar-refractivity contribution in [2.24, 2.45) is 0 Å². The summed E-state index contributed by atoms with van der Waals surface area (Å²) < 4.78 is 58.5. The molecule has 0 spiro atoms. The second-order valence-corrected chi connectivity index (χ2v) is 13.9. The number of alkyl halides is 3. The molecule has 1 aromatic heterocycles. The fraction of sp³-hybridized carbons (Fsp3) is 0.262. The maximum atomic E-state index is 14.1. The van der Waals surface area contributed by atoms with Gasteiger partial charge in [0.25, 0.3) is 5.82 Å². The first kappa shape index (κ1) is 39.3. The van der Waals surface area contributed by atoms with Gasteiger partial charge in [0.1, 0.15) is 24.7 Å². The van der Waals surface area contributed by atoms with Crippen molar-refractivity contribution in [1.29, 1.82) is 0 Å². The number of hydrogen-bond donors (Lipinski definition) is 0. The van der Waals surface area contributed by atoms with Gasteiger partial charge in [-0.25, -0.2) is 9.13 Å². The first-order chi connectivity index (χ1) is 26.0. The van der Waals surface area contributed by atoms with Gasteiger partial charge in [0, 0.05) is 31.4 Å². The number of allylic oxidation sites excluding steroid dienone is 4. The summed E-state index contributed by atoms with van der Waals surface area (Å²) in [6, 6.07) is 24.1. The van der Waals surface area contributed by atoms with Crippen LogP contribution in [0.3, 0.4) is 0 Å². The van der Waals surface area contributed by atoms with E-state index in [0.29, 0.717) is 65.8 Å². The van der Waals surface area contributed by atoms with Crippen molar-refractivity contribution in [1.82, 2.24) is 4.57 Å². The van der Waals surface area contributed by atoms with Crippen LogP contribution in [-0.2, 0) is 24.0 Å². The number of fused-ring (bicyclic) bond motifs is 2. The van der Waals surface area contributed by atoms with Gasteiger partial charge in [-0.05, 0) is 56.7 Å². The van der Waals surface area contributed by atoms with Crippen LogP contribution in [0.2, 0.25) is 15.1 Å². The van der Waals surface area contributed by atoms with E-state index in [1.807, 2.05) is 109 Å². The molecule has 0 atom stereocenters. The third-order valence-corrected chi connectivity index (χ3v) is 10.2. The number of rotatable bonds is 14. The molecule has 0 N–H and O–H groups in total. The van der Waals surface area contributed by atoms with Crippen LogP contribution in [0.25, 0.3) is 17.1 Å². The number of nitrogens with zero attached hydrogens (tertiary/aromatic N) is 4. The maximum Gasteiger partial charge on any atom is 0.417 e. The van der Waals surface area contributed by atoms with Crippen LogP contribution < -0.4 is 19.1 Å². The third-order valence-electron chi connectivity index (χ3n) is 9.14. The van der Waals surface area contributed by atoms with Gasteiger partial charge in [-0.2, -0.15) is 13.2 Å². The van der Waals surface area contributed by atoms with Gasteiger partial charge in [-0.1, -0.05) is 101 Å². The topological polar surface area (TPSA) is 33.8 Å². The number of ether oxygens (including phenoxy) is 2. The fourth-order valence-electron chi connectivity index (χ4n) is 6.58. The Morgan fingerprint density at radius 1 is 0.778 bits per heavy atom. The predicted octanol–water partition coefficient (Wildman–Crippen LogP) is 11.1. The molecule has 0 radical (unpaired) electrons. The van der Waals surface area contributed by atoms with Crippen molar-refractivity contribution in [3.8, 4) is 5.75 Å². The average molecular weight is 797 g/mol. The molecule has 54 heavy (non-hydrogen) atoms. The Morgan fingerprint density at radius 2 is 1.46 bits per heavy atom. The highest BCUT2D eigenvalue weighted by atomic mass is 35.5. The second-order valence-electron chi connectivity index (χ2n) is 12.7. The summed E-state index contributed by atoms with van der Waals surface area (Å²) in [5.41, 5.74) is 4.20. The minimum absolute atomic E-state index is 0.226. The number of aryl methyl sites for hydroxylation is 2. The van der Waals surface area contributed by atoms with E-state index in [0.717, 1.165) is 34.1 Å². The summed E-state index contributed by atoms with van der Waals surface area (Å²) >= 11 is 19.2. The lowest BCUT2D eigenvalue weighted by atomic mass is 10.1. The van der Waals surface area contributed by atoms with Crippen molar-refractivity contribution in [3.63, 3.8) is 0 Å². The highest BCUT2D eigenvalue weighted by molar-refractivity contribution is 6.42. The Hall–Kier alpha value is -4.41. The molecule has 0 amide bonds. The van der Waals surface area contributed by atoms with E-state index < -0.39 is 11.7 Å². The zero-order valence-electron chi connectivity index (χ0n) is 30.2. The van der Waals surface area contributed by atoms with Gasteiger partial charge >= 0.3 is 6.18 Å². The first-order valence-corrected chi connectivity index (χ1v) is 18.9. The molecule has 0 bridgehead atoms. The normalized spacial score (nSPS) is 14.1. The van der Waals surface area contributed by atoms with E-state index >= 15 is 0 Å². The largest absolute Gasteiger partial charge is 0.492 e. The lowest BCUT2D eigenvalue weighted by Crippen LogP contribution is -2.37. The van der Waals surface area contributed by atoms with Crippen molar-refractivity contribution in [2.45, 2.75) is 40.0 Å². The molecular formula is C42H41Cl3F3N4O2+. The van der Waals surface area contributed by atoms with Crippen LogP contribution in [0.1, 0.15) is 36.4 Å². The zero-order valence-corrected chi connectivity index (χ0v) is 32.5. The predicted molar refractivity (Wildman–Crippen MR) is 214 cm³/mol. The van der Waals surface area contributed by atoms with Crippen LogP contribution >= 0.6 is 34.8 Å². The molecule has 0 saturated heterocycles. The number of anilines is 2. The Kier molecular flexibility index (Phi) is 12.6. The van der Waals surface area contributed by atoms with Crippen LogP contribution in [0.5, 0.6) is 5.75 Å². The molecule has 12 heteroatoms. The van der Waals surface area contributed by atoms with E-state index in [2.05, 4.69) is 28.2 Å². The molecule has 0 unspecified atom stereocenters. The van der Waals surface area contributed by atoms with E-state index in [9.17, 15) is 13.2 Å². The summed E-state index contributed by atoms with van der Waals surface area (Å²) in [6.45, 7) is 9.04. The summed E-state index contributed by atoms with van der Waals surface area (Å²) in [7, 11) is 0. The molecule has 0 saturated carbocycles. The van der Waals surface area contributed by atoms with Gasteiger partial charge in [0.15, 0.2) is 11.0 Å². The van der Waals surface area contributed by atoms with Crippen LogP contribution in [0.15, 0.2) is 109 Å². The lowest BCUT2D eigenvalue weighted by molar-refractivity contribution is -0.665. The molecule has 2 heterocycles. The van der Waals surface area contributed by atoms with Crippen LogP contribution in [0, 0.1) is 6.92 Å². The average Bonchev–Trinajstić information content (AvgIpc) is 3.58.